The molecule has 140 valence electrons. The summed E-state index contributed by atoms with van der Waals surface area (Å²) < 4.78 is 5.59. The molecule has 0 saturated heterocycles. The highest BCUT2D eigenvalue weighted by molar-refractivity contribution is 7.99. The van der Waals surface area contributed by atoms with E-state index in [1.807, 2.05) is 48.5 Å². The standard InChI is InChI=1S/C22H17ClN2O2S/c23-17-7-5-8-18(14-17)27-13-12-25-22(26)19-9-2-4-11-21(19)28-20-10-3-1-6-16(20)15-24/h1-11,14H,12-13H2,(H,25,26). The van der Waals surface area contributed by atoms with Crippen molar-refractivity contribution in [3.05, 3.63) is 88.9 Å². The molecule has 1 amide bonds. The van der Waals surface area contributed by atoms with Gasteiger partial charge in [-0.1, -0.05) is 53.7 Å². The fourth-order valence-corrected chi connectivity index (χ4v) is 3.70. The fraction of sp³-hybridized carbons (Fsp3) is 0.0909. The highest BCUT2D eigenvalue weighted by Crippen LogP contribution is 2.32. The largest absolute Gasteiger partial charge is 0.492 e. The zero-order valence-corrected chi connectivity index (χ0v) is 16.5. The molecule has 0 bridgehead atoms. The number of halogens is 1. The minimum Gasteiger partial charge on any atom is -0.492 e. The van der Waals surface area contributed by atoms with E-state index in [0.29, 0.717) is 35.1 Å². The van der Waals surface area contributed by atoms with Crippen molar-refractivity contribution in [1.82, 2.24) is 5.32 Å². The zero-order valence-electron chi connectivity index (χ0n) is 14.9. The van der Waals surface area contributed by atoms with Gasteiger partial charge in [0.2, 0.25) is 0 Å². The minimum atomic E-state index is -0.188. The van der Waals surface area contributed by atoms with E-state index in [-0.39, 0.29) is 5.91 Å². The molecule has 4 nitrogen and oxygen atoms in total. The van der Waals surface area contributed by atoms with Crippen molar-refractivity contribution in [2.45, 2.75) is 9.79 Å². The number of amides is 1. The maximum atomic E-state index is 12.6. The molecule has 3 aromatic rings. The topological polar surface area (TPSA) is 62.1 Å². The van der Waals surface area contributed by atoms with Crippen molar-refractivity contribution < 1.29 is 9.53 Å². The van der Waals surface area contributed by atoms with E-state index >= 15 is 0 Å². The summed E-state index contributed by atoms with van der Waals surface area (Å²) in [6.45, 7) is 0.692. The van der Waals surface area contributed by atoms with E-state index in [1.165, 1.54) is 11.8 Å². The molecular weight excluding hydrogens is 392 g/mol. The van der Waals surface area contributed by atoms with Gasteiger partial charge in [0.05, 0.1) is 17.7 Å². The quantitative estimate of drug-likeness (QED) is 0.547. The van der Waals surface area contributed by atoms with Gasteiger partial charge in [-0.2, -0.15) is 5.26 Å². The van der Waals surface area contributed by atoms with Gasteiger partial charge in [0.15, 0.2) is 0 Å². The molecule has 0 atom stereocenters. The highest BCUT2D eigenvalue weighted by atomic mass is 35.5. The normalized spacial score (nSPS) is 10.1. The zero-order chi connectivity index (χ0) is 19.8. The molecule has 3 rings (SSSR count). The molecule has 0 aliphatic heterocycles. The first-order chi connectivity index (χ1) is 13.7. The van der Waals surface area contributed by atoms with Crippen LogP contribution in [0.3, 0.4) is 0 Å². The van der Waals surface area contributed by atoms with Crippen molar-refractivity contribution in [2.24, 2.45) is 0 Å². The van der Waals surface area contributed by atoms with Crippen LogP contribution in [0.2, 0.25) is 5.02 Å². The van der Waals surface area contributed by atoms with E-state index in [4.69, 9.17) is 16.3 Å². The van der Waals surface area contributed by atoms with Crippen LogP contribution < -0.4 is 10.1 Å². The Labute approximate surface area is 173 Å². The van der Waals surface area contributed by atoms with Gasteiger partial charge in [-0.05, 0) is 42.5 Å². The lowest BCUT2D eigenvalue weighted by Gasteiger charge is -2.11. The van der Waals surface area contributed by atoms with Crippen LogP contribution in [-0.2, 0) is 0 Å². The third kappa shape index (κ3) is 5.29. The summed E-state index contributed by atoms with van der Waals surface area (Å²) >= 11 is 7.32. The van der Waals surface area contributed by atoms with E-state index in [1.54, 1.807) is 24.3 Å². The van der Waals surface area contributed by atoms with Gasteiger partial charge < -0.3 is 10.1 Å². The van der Waals surface area contributed by atoms with Gasteiger partial charge >= 0.3 is 0 Å². The van der Waals surface area contributed by atoms with Crippen molar-refractivity contribution >= 4 is 29.3 Å². The van der Waals surface area contributed by atoms with Crippen LogP contribution in [0, 0.1) is 11.3 Å². The summed E-state index contributed by atoms with van der Waals surface area (Å²) in [5.74, 6) is 0.470. The van der Waals surface area contributed by atoms with E-state index in [0.717, 1.165) is 9.79 Å². The summed E-state index contributed by atoms with van der Waals surface area (Å²) in [5.41, 5.74) is 1.14. The minimum absolute atomic E-state index is 0.188. The van der Waals surface area contributed by atoms with E-state index in [2.05, 4.69) is 11.4 Å². The summed E-state index contributed by atoms with van der Waals surface area (Å²) in [6.07, 6.45) is 0. The van der Waals surface area contributed by atoms with E-state index in [9.17, 15) is 10.1 Å². The van der Waals surface area contributed by atoms with Crippen molar-refractivity contribution in [2.75, 3.05) is 13.2 Å². The Balaban J connectivity index is 1.62. The first-order valence-electron chi connectivity index (χ1n) is 8.60. The van der Waals surface area contributed by atoms with Crippen LogP contribution in [0.25, 0.3) is 0 Å². The lowest BCUT2D eigenvalue weighted by atomic mass is 10.2. The number of hydrogen-bond donors (Lipinski definition) is 1. The molecular formula is C22H17ClN2O2S. The molecule has 0 fully saturated rings. The van der Waals surface area contributed by atoms with Crippen molar-refractivity contribution in [3.63, 3.8) is 0 Å². The molecule has 0 aromatic heterocycles. The molecule has 28 heavy (non-hydrogen) atoms. The van der Waals surface area contributed by atoms with Gasteiger partial charge in [-0.15, -0.1) is 0 Å². The first-order valence-corrected chi connectivity index (χ1v) is 9.79. The number of carbonyl (C=O) groups is 1. The second-order valence-corrected chi connectivity index (χ2v) is 7.29. The van der Waals surface area contributed by atoms with Crippen LogP contribution in [0.15, 0.2) is 82.6 Å². The van der Waals surface area contributed by atoms with Crippen molar-refractivity contribution in [3.8, 4) is 11.8 Å². The maximum absolute atomic E-state index is 12.6. The summed E-state index contributed by atoms with van der Waals surface area (Å²) in [6, 6.07) is 24.0. The van der Waals surface area contributed by atoms with Gasteiger partial charge in [-0.25, -0.2) is 0 Å². The number of nitrogens with one attached hydrogen (secondary N) is 1. The molecule has 1 N–H and O–H groups in total. The van der Waals surface area contributed by atoms with Crippen molar-refractivity contribution in [1.29, 1.82) is 5.26 Å². The van der Waals surface area contributed by atoms with Gasteiger partial charge in [-0.3, -0.25) is 4.79 Å². The molecule has 0 saturated carbocycles. The van der Waals surface area contributed by atoms with Crippen LogP contribution >= 0.6 is 23.4 Å². The Morgan fingerprint density at radius 1 is 1.04 bits per heavy atom. The lowest BCUT2D eigenvalue weighted by Crippen LogP contribution is -2.28. The number of carbonyl (C=O) groups excluding carboxylic acids is 1. The molecule has 0 radical (unpaired) electrons. The molecule has 0 heterocycles. The summed E-state index contributed by atoms with van der Waals surface area (Å²) in [7, 11) is 0. The van der Waals surface area contributed by atoms with Crippen LogP contribution in [-0.4, -0.2) is 19.1 Å². The molecule has 0 spiro atoms. The average molecular weight is 409 g/mol. The molecule has 0 unspecified atom stereocenters. The number of nitriles is 1. The molecule has 0 aliphatic carbocycles. The number of hydrogen-bond acceptors (Lipinski definition) is 4. The number of benzene rings is 3. The van der Waals surface area contributed by atoms with Gasteiger partial charge in [0, 0.05) is 14.8 Å². The molecule has 3 aromatic carbocycles. The molecule has 0 aliphatic rings. The smallest absolute Gasteiger partial charge is 0.252 e. The third-order valence-electron chi connectivity index (χ3n) is 3.81. The van der Waals surface area contributed by atoms with Gasteiger partial charge in [0.1, 0.15) is 18.4 Å². The summed E-state index contributed by atoms with van der Waals surface area (Å²) in [5, 5.41) is 12.7. The Morgan fingerprint density at radius 2 is 1.79 bits per heavy atom. The third-order valence-corrected chi connectivity index (χ3v) is 5.20. The highest BCUT2D eigenvalue weighted by Gasteiger charge is 2.13. The number of ether oxygens (including phenoxy) is 1. The predicted octanol–water partition coefficient (Wildman–Crippen LogP) is 5.17. The predicted molar refractivity (Wildman–Crippen MR) is 111 cm³/mol. The lowest BCUT2D eigenvalue weighted by molar-refractivity contribution is 0.0944. The second kappa shape index (κ2) is 9.84. The Kier molecular flexibility index (Phi) is 6.96. The van der Waals surface area contributed by atoms with E-state index < -0.39 is 0 Å². The maximum Gasteiger partial charge on any atom is 0.252 e. The van der Waals surface area contributed by atoms with Crippen LogP contribution in [0.4, 0.5) is 0 Å². The Bertz CT molecular complexity index is 1020. The Morgan fingerprint density at radius 3 is 2.57 bits per heavy atom. The summed E-state index contributed by atoms with van der Waals surface area (Å²) in [4.78, 5) is 14.2. The Hall–Kier alpha value is -2.94. The second-order valence-electron chi connectivity index (χ2n) is 5.77. The number of rotatable bonds is 7. The SMILES string of the molecule is N#Cc1ccccc1Sc1ccccc1C(=O)NCCOc1cccc(Cl)c1. The average Bonchev–Trinajstić information content (AvgIpc) is 2.72. The fourth-order valence-electron chi connectivity index (χ4n) is 2.50. The van der Waals surface area contributed by atoms with Gasteiger partial charge in [0.25, 0.3) is 5.91 Å². The van der Waals surface area contributed by atoms with Crippen LogP contribution in [0.1, 0.15) is 15.9 Å². The molecule has 6 heteroatoms. The number of nitrogens with zero attached hydrogens (tertiary/aromatic N) is 1. The monoisotopic (exact) mass is 408 g/mol. The first kappa shape index (κ1) is 19.8. The van der Waals surface area contributed by atoms with Crippen LogP contribution in [0.5, 0.6) is 5.75 Å².